The maximum atomic E-state index is 13.7. The van der Waals surface area contributed by atoms with Gasteiger partial charge in [0.15, 0.2) is 16.7 Å². The standard InChI is InChI=1S/C18H20FN3O2S/c1-4-12-7-5-6-11(2)16(12)20-18(25)22-21-17(23)13-8-9-15(24-3)14(19)10-13/h5-10H,4H2,1-3H3,(H,21,23)(H2,20,22,25). The van der Waals surface area contributed by atoms with Crippen molar-refractivity contribution >= 4 is 28.9 Å². The molecule has 0 aliphatic heterocycles. The highest BCUT2D eigenvalue weighted by molar-refractivity contribution is 7.80. The number of amides is 1. The summed E-state index contributed by atoms with van der Waals surface area (Å²) in [5.74, 6) is -1.04. The molecule has 0 bridgehead atoms. The number of hydrogen-bond acceptors (Lipinski definition) is 3. The number of carbonyl (C=O) groups excluding carboxylic acids is 1. The smallest absolute Gasteiger partial charge is 0.269 e. The topological polar surface area (TPSA) is 62.4 Å². The highest BCUT2D eigenvalue weighted by Gasteiger charge is 2.11. The molecule has 0 fully saturated rings. The Morgan fingerprint density at radius 3 is 2.64 bits per heavy atom. The number of nitrogens with one attached hydrogen (secondary N) is 3. The number of rotatable bonds is 4. The van der Waals surface area contributed by atoms with Crippen molar-refractivity contribution in [1.82, 2.24) is 10.9 Å². The molecule has 1 amide bonds. The van der Waals surface area contributed by atoms with E-state index in [0.717, 1.165) is 29.3 Å². The van der Waals surface area contributed by atoms with Crippen LogP contribution in [0.5, 0.6) is 5.75 Å². The summed E-state index contributed by atoms with van der Waals surface area (Å²) in [5, 5.41) is 3.32. The van der Waals surface area contributed by atoms with Crippen LogP contribution in [-0.4, -0.2) is 18.1 Å². The van der Waals surface area contributed by atoms with Gasteiger partial charge in [-0.15, -0.1) is 0 Å². The van der Waals surface area contributed by atoms with Gasteiger partial charge in [0.2, 0.25) is 0 Å². The summed E-state index contributed by atoms with van der Waals surface area (Å²) in [4.78, 5) is 12.1. The van der Waals surface area contributed by atoms with Crippen molar-refractivity contribution in [3.63, 3.8) is 0 Å². The van der Waals surface area contributed by atoms with Gasteiger partial charge in [0.05, 0.1) is 7.11 Å². The van der Waals surface area contributed by atoms with Gasteiger partial charge in [0.1, 0.15) is 0 Å². The van der Waals surface area contributed by atoms with Gasteiger partial charge in [-0.1, -0.05) is 25.1 Å². The van der Waals surface area contributed by atoms with Gasteiger partial charge in [-0.25, -0.2) is 4.39 Å². The minimum absolute atomic E-state index is 0.0772. The van der Waals surface area contributed by atoms with Crippen molar-refractivity contribution in [2.24, 2.45) is 0 Å². The molecule has 2 rings (SSSR count). The summed E-state index contributed by atoms with van der Waals surface area (Å²) in [6.07, 6.45) is 0.851. The number of ether oxygens (including phenoxy) is 1. The predicted octanol–water partition coefficient (Wildman–Crippen LogP) is 3.34. The van der Waals surface area contributed by atoms with Gasteiger partial charge < -0.3 is 10.1 Å². The van der Waals surface area contributed by atoms with Crippen LogP contribution in [0.25, 0.3) is 0 Å². The quantitative estimate of drug-likeness (QED) is 0.576. The lowest BCUT2D eigenvalue weighted by Crippen LogP contribution is -2.44. The average molecular weight is 361 g/mol. The van der Waals surface area contributed by atoms with E-state index in [1.165, 1.54) is 19.2 Å². The van der Waals surface area contributed by atoms with Crippen LogP contribution in [-0.2, 0) is 6.42 Å². The first kappa shape index (κ1) is 18.7. The Kier molecular flexibility index (Phi) is 6.30. The van der Waals surface area contributed by atoms with E-state index in [0.29, 0.717) is 0 Å². The van der Waals surface area contributed by atoms with Gasteiger partial charge in [-0.3, -0.25) is 15.6 Å². The third-order valence-electron chi connectivity index (χ3n) is 3.68. The summed E-state index contributed by atoms with van der Waals surface area (Å²) in [6.45, 7) is 4.03. The monoisotopic (exact) mass is 361 g/mol. The van der Waals surface area contributed by atoms with Crippen LogP contribution < -0.4 is 20.9 Å². The van der Waals surface area contributed by atoms with E-state index in [-0.39, 0.29) is 16.4 Å². The number of anilines is 1. The molecule has 2 aromatic carbocycles. The zero-order chi connectivity index (χ0) is 18.4. The van der Waals surface area contributed by atoms with Crippen LogP contribution in [0.3, 0.4) is 0 Å². The Bertz CT molecular complexity index is 796. The van der Waals surface area contributed by atoms with Crippen molar-refractivity contribution in [2.45, 2.75) is 20.3 Å². The third kappa shape index (κ3) is 4.67. The highest BCUT2D eigenvalue weighted by atomic mass is 32.1. The number of hydrazine groups is 1. The summed E-state index contributed by atoms with van der Waals surface area (Å²) < 4.78 is 18.5. The lowest BCUT2D eigenvalue weighted by Gasteiger charge is -2.16. The maximum absolute atomic E-state index is 13.7. The van der Waals surface area contributed by atoms with Crippen molar-refractivity contribution < 1.29 is 13.9 Å². The third-order valence-corrected chi connectivity index (χ3v) is 3.89. The Morgan fingerprint density at radius 2 is 2.00 bits per heavy atom. The molecule has 0 aliphatic carbocycles. The number of para-hydroxylation sites is 1. The van der Waals surface area contributed by atoms with E-state index in [1.807, 2.05) is 25.1 Å². The second kappa shape index (κ2) is 8.43. The average Bonchev–Trinajstić information content (AvgIpc) is 2.61. The van der Waals surface area contributed by atoms with E-state index < -0.39 is 11.7 Å². The first-order valence-electron chi connectivity index (χ1n) is 7.75. The van der Waals surface area contributed by atoms with Crippen molar-refractivity contribution in [1.29, 1.82) is 0 Å². The Balaban J connectivity index is 1.98. The zero-order valence-electron chi connectivity index (χ0n) is 14.3. The van der Waals surface area contributed by atoms with E-state index in [9.17, 15) is 9.18 Å². The SMILES string of the molecule is CCc1cccc(C)c1NC(=S)NNC(=O)c1ccc(OC)c(F)c1. The van der Waals surface area contributed by atoms with Crippen molar-refractivity contribution in [2.75, 3.05) is 12.4 Å². The lowest BCUT2D eigenvalue weighted by atomic mass is 10.1. The van der Waals surface area contributed by atoms with E-state index in [4.69, 9.17) is 17.0 Å². The number of benzene rings is 2. The minimum atomic E-state index is -0.608. The molecule has 132 valence electrons. The van der Waals surface area contributed by atoms with Gasteiger partial charge in [-0.05, 0) is 54.9 Å². The van der Waals surface area contributed by atoms with Crippen LogP contribution in [0.4, 0.5) is 10.1 Å². The Labute approximate surface area is 151 Å². The highest BCUT2D eigenvalue weighted by Crippen LogP contribution is 2.21. The predicted molar refractivity (Wildman–Crippen MR) is 100 cm³/mol. The van der Waals surface area contributed by atoms with Gasteiger partial charge in [0, 0.05) is 11.3 Å². The molecule has 3 N–H and O–H groups in total. The zero-order valence-corrected chi connectivity index (χ0v) is 15.1. The second-order valence-corrected chi connectivity index (χ2v) is 5.75. The maximum Gasteiger partial charge on any atom is 0.269 e. The fraction of sp³-hybridized carbons (Fsp3) is 0.222. The summed E-state index contributed by atoms with van der Waals surface area (Å²) in [5.41, 5.74) is 8.29. The molecule has 0 spiro atoms. The molecule has 5 nitrogen and oxygen atoms in total. The van der Waals surface area contributed by atoms with Crippen LogP contribution >= 0.6 is 12.2 Å². The molecular formula is C18H20FN3O2S. The largest absolute Gasteiger partial charge is 0.494 e. The molecule has 0 aliphatic rings. The van der Waals surface area contributed by atoms with E-state index >= 15 is 0 Å². The molecule has 0 aromatic heterocycles. The van der Waals surface area contributed by atoms with Crippen LogP contribution in [0.15, 0.2) is 36.4 Å². The number of carbonyl (C=O) groups is 1. The summed E-state index contributed by atoms with van der Waals surface area (Å²) in [7, 11) is 1.36. The minimum Gasteiger partial charge on any atom is -0.494 e. The number of aryl methyl sites for hydroxylation is 2. The molecule has 2 aromatic rings. The number of hydrogen-bond donors (Lipinski definition) is 3. The molecule has 25 heavy (non-hydrogen) atoms. The molecule has 0 radical (unpaired) electrons. The molecular weight excluding hydrogens is 341 g/mol. The fourth-order valence-corrected chi connectivity index (χ4v) is 2.49. The fourth-order valence-electron chi connectivity index (χ4n) is 2.34. The van der Waals surface area contributed by atoms with Crippen LogP contribution in [0.1, 0.15) is 28.4 Å². The molecule has 0 heterocycles. The first-order valence-corrected chi connectivity index (χ1v) is 8.16. The van der Waals surface area contributed by atoms with E-state index in [2.05, 4.69) is 23.1 Å². The van der Waals surface area contributed by atoms with Gasteiger partial charge in [0.25, 0.3) is 5.91 Å². The lowest BCUT2D eigenvalue weighted by molar-refractivity contribution is 0.0943. The number of halogens is 1. The van der Waals surface area contributed by atoms with Gasteiger partial charge >= 0.3 is 0 Å². The Morgan fingerprint density at radius 1 is 1.24 bits per heavy atom. The molecule has 0 unspecified atom stereocenters. The van der Waals surface area contributed by atoms with Crippen LogP contribution in [0, 0.1) is 12.7 Å². The number of thiocarbonyl (C=S) groups is 1. The summed E-state index contributed by atoms with van der Waals surface area (Å²) in [6, 6.07) is 9.92. The van der Waals surface area contributed by atoms with Crippen molar-refractivity contribution in [3.8, 4) is 5.75 Å². The second-order valence-electron chi connectivity index (χ2n) is 5.35. The Hall–Kier alpha value is -2.67. The summed E-state index contributed by atoms with van der Waals surface area (Å²) >= 11 is 5.21. The van der Waals surface area contributed by atoms with Crippen molar-refractivity contribution in [3.05, 3.63) is 58.9 Å². The first-order chi connectivity index (χ1) is 12.0. The molecule has 0 saturated heterocycles. The van der Waals surface area contributed by atoms with Crippen LogP contribution in [0.2, 0.25) is 0 Å². The molecule has 7 heteroatoms. The van der Waals surface area contributed by atoms with Gasteiger partial charge in [-0.2, -0.15) is 0 Å². The molecule has 0 atom stereocenters. The normalized spacial score (nSPS) is 10.1. The number of methoxy groups -OCH3 is 1. The van der Waals surface area contributed by atoms with E-state index in [1.54, 1.807) is 0 Å². The molecule has 0 saturated carbocycles.